The summed E-state index contributed by atoms with van der Waals surface area (Å²) in [6, 6.07) is 0. The molecule has 3 heteroatoms. The van der Waals surface area contributed by atoms with Crippen LogP contribution in [0, 0.1) is 11.8 Å². The van der Waals surface area contributed by atoms with Crippen LogP contribution in [-0.2, 0) is 9.53 Å². The molecule has 13 heavy (non-hydrogen) atoms. The fraction of sp³-hybridized carbons (Fsp3) is 0.900. The Labute approximate surface area is 79.1 Å². The van der Waals surface area contributed by atoms with Gasteiger partial charge in [-0.05, 0) is 25.7 Å². The summed E-state index contributed by atoms with van der Waals surface area (Å²) >= 11 is 0. The number of hydrogen-bond acceptors (Lipinski definition) is 2. The topological polar surface area (TPSA) is 46.5 Å². The Morgan fingerprint density at radius 2 is 2.15 bits per heavy atom. The summed E-state index contributed by atoms with van der Waals surface area (Å²) in [7, 11) is 0. The van der Waals surface area contributed by atoms with E-state index in [1.165, 1.54) is 0 Å². The van der Waals surface area contributed by atoms with Gasteiger partial charge in [0.1, 0.15) is 0 Å². The Morgan fingerprint density at radius 3 is 2.77 bits per heavy atom. The average Bonchev–Trinajstić information content (AvgIpc) is 2.15. The van der Waals surface area contributed by atoms with Gasteiger partial charge in [-0.1, -0.05) is 12.8 Å². The van der Waals surface area contributed by atoms with Crippen LogP contribution >= 0.6 is 0 Å². The molecule has 0 aromatic rings. The van der Waals surface area contributed by atoms with Crippen molar-refractivity contribution in [2.24, 2.45) is 11.8 Å². The summed E-state index contributed by atoms with van der Waals surface area (Å²) < 4.78 is 5.29. The summed E-state index contributed by atoms with van der Waals surface area (Å²) in [5.74, 6) is -0.573. The maximum Gasteiger partial charge on any atom is 0.306 e. The number of rotatable bonds is 4. The van der Waals surface area contributed by atoms with Crippen LogP contribution < -0.4 is 0 Å². The number of hydrogen-bond donors (Lipinski definition) is 1. The monoisotopic (exact) mass is 186 g/mol. The lowest BCUT2D eigenvalue weighted by Crippen LogP contribution is -2.30. The molecule has 1 fully saturated rings. The van der Waals surface area contributed by atoms with Gasteiger partial charge in [0.25, 0.3) is 0 Å². The van der Waals surface area contributed by atoms with Gasteiger partial charge in [0, 0.05) is 6.61 Å². The molecular weight excluding hydrogens is 168 g/mol. The molecule has 1 rings (SSSR count). The first-order valence-corrected chi connectivity index (χ1v) is 5.06. The number of carboxylic acids is 1. The molecule has 0 amide bonds. The first-order valence-electron chi connectivity index (χ1n) is 5.06. The molecule has 3 nitrogen and oxygen atoms in total. The standard InChI is InChI=1S/C10H18O3/c1-2-13-7-8-5-3-4-6-9(8)10(11)12/h8-9H,2-7H2,1H3,(H,11,12). The molecule has 2 atom stereocenters. The van der Waals surface area contributed by atoms with E-state index in [1.807, 2.05) is 6.92 Å². The lowest BCUT2D eigenvalue weighted by atomic mass is 9.80. The van der Waals surface area contributed by atoms with Gasteiger partial charge in [-0.25, -0.2) is 0 Å². The van der Waals surface area contributed by atoms with E-state index in [4.69, 9.17) is 9.84 Å². The molecule has 1 aliphatic carbocycles. The minimum Gasteiger partial charge on any atom is -0.481 e. The number of carbonyl (C=O) groups is 1. The second-order valence-electron chi connectivity index (χ2n) is 3.65. The van der Waals surface area contributed by atoms with Crippen LogP contribution in [0.4, 0.5) is 0 Å². The summed E-state index contributed by atoms with van der Waals surface area (Å²) in [5, 5.41) is 8.95. The van der Waals surface area contributed by atoms with Gasteiger partial charge >= 0.3 is 5.97 Å². The van der Waals surface area contributed by atoms with Crippen LogP contribution in [0.15, 0.2) is 0 Å². The molecule has 0 radical (unpaired) electrons. The van der Waals surface area contributed by atoms with E-state index in [0.717, 1.165) is 25.7 Å². The Morgan fingerprint density at radius 1 is 1.46 bits per heavy atom. The molecule has 0 saturated heterocycles. The highest BCUT2D eigenvalue weighted by Crippen LogP contribution is 2.30. The maximum atomic E-state index is 10.9. The van der Waals surface area contributed by atoms with Crippen molar-refractivity contribution in [1.82, 2.24) is 0 Å². The van der Waals surface area contributed by atoms with Crippen molar-refractivity contribution in [2.75, 3.05) is 13.2 Å². The molecule has 76 valence electrons. The van der Waals surface area contributed by atoms with E-state index in [0.29, 0.717) is 13.2 Å². The fourth-order valence-electron chi connectivity index (χ4n) is 2.00. The maximum absolute atomic E-state index is 10.9. The van der Waals surface area contributed by atoms with Crippen molar-refractivity contribution in [3.63, 3.8) is 0 Å². The number of carboxylic acid groups (broad SMARTS) is 1. The zero-order chi connectivity index (χ0) is 9.68. The third kappa shape index (κ3) is 2.99. The molecule has 0 heterocycles. The molecule has 2 unspecified atom stereocenters. The first kappa shape index (κ1) is 10.5. The molecule has 1 aliphatic rings. The fourth-order valence-corrected chi connectivity index (χ4v) is 2.00. The Kier molecular flexibility index (Phi) is 4.22. The van der Waals surface area contributed by atoms with Crippen LogP contribution in [0.25, 0.3) is 0 Å². The van der Waals surface area contributed by atoms with E-state index in [9.17, 15) is 4.79 Å². The van der Waals surface area contributed by atoms with Crippen LogP contribution in [0.2, 0.25) is 0 Å². The number of aliphatic carboxylic acids is 1. The molecule has 0 aliphatic heterocycles. The first-order chi connectivity index (χ1) is 6.25. The van der Waals surface area contributed by atoms with Crippen molar-refractivity contribution in [2.45, 2.75) is 32.6 Å². The summed E-state index contributed by atoms with van der Waals surface area (Å²) in [6.45, 7) is 3.24. The Hall–Kier alpha value is -0.570. The quantitative estimate of drug-likeness (QED) is 0.729. The molecular formula is C10H18O3. The van der Waals surface area contributed by atoms with E-state index in [1.54, 1.807) is 0 Å². The van der Waals surface area contributed by atoms with Gasteiger partial charge in [-0.2, -0.15) is 0 Å². The largest absolute Gasteiger partial charge is 0.481 e. The van der Waals surface area contributed by atoms with Gasteiger partial charge in [-0.3, -0.25) is 4.79 Å². The minimum absolute atomic E-state index is 0.166. The average molecular weight is 186 g/mol. The van der Waals surface area contributed by atoms with Crippen molar-refractivity contribution in [1.29, 1.82) is 0 Å². The highest BCUT2D eigenvalue weighted by Gasteiger charge is 2.30. The molecule has 1 N–H and O–H groups in total. The predicted molar refractivity (Wildman–Crippen MR) is 49.6 cm³/mol. The SMILES string of the molecule is CCOCC1CCCCC1C(=O)O. The Bertz CT molecular complexity index is 168. The second kappa shape index (κ2) is 5.22. The van der Waals surface area contributed by atoms with E-state index in [-0.39, 0.29) is 11.8 Å². The highest BCUT2D eigenvalue weighted by molar-refractivity contribution is 5.70. The molecule has 1 saturated carbocycles. The minimum atomic E-state index is -0.649. The van der Waals surface area contributed by atoms with Crippen LogP contribution in [0.3, 0.4) is 0 Å². The Balaban J connectivity index is 2.41. The summed E-state index contributed by atoms with van der Waals surface area (Å²) in [5.41, 5.74) is 0. The third-order valence-electron chi connectivity index (χ3n) is 2.76. The molecule has 0 aromatic carbocycles. The molecule has 0 spiro atoms. The highest BCUT2D eigenvalue weighted by atomic mass is 16.5. The van der Waals surface area contributed by atoms with Gasteiger partial charge < -0.3 is 9.84 Å². The summed E-state index contributed by atoms with van der Waals surface area (Å²) in [4.78, 5) is 10.9. The normalized spacial score (nSPS) is 28.7. The van der Waals surface area contributed by atoms with E-state index in [2.05, 4.69) is 0 Å². The second-order valence-corrected chi connectivity index (χ2v) is 3.65. The van der Waals surface area contributed by atoms with E-state index < -0.39 is 5.97 Å². The molecule has 0 bridgehead atoms. The van der Waals surface area contributed by atoms with Crippen molar-refractivity contribution < 1.29 is 14.6 Å². The van der Waals surface area contributed by atoms with Gasteiger partial charge in [0.05, 0.1) is 12.5 Å². The number of ether oxygens (including phenoxy) is 1. The van der Waals surface area contributed by atoms with Gasteiger partial charge in [0.15, 0.2) is 0 Å². The molecule has 0 aromatic heterocycles. The van der Waals surface area contributed by atoms with Crippen LogP contribution in [-0.4, -0.2) is 24.3 Å². The van der Waals surface area contributed by atoms with Crippen LogP contribution in [0.5, 0.6) is 0 Å². The predicted octanol–water partition coefficient (Wildman–Crippen LogP) is 1.91. The van der Waals surface area contributed by atoms with Crippen molar-refractivity contribution >= 4 is 5.97 Å². The van der Waals surface area contributed by atoms with E-state index >= 15 is 0 Å². The van der Waals surface area contributed by atoms with Crippen molar-refractivity contribution in [3.05, 3.63) is 0 Å². The smallest absolute Gasteiger partial charge is 0.306 e. The third-order valence-corrected chi connectivity index (χ3v) is 2.76. The lowest BCUT2D eigenvalue weighted by Gasteiger charge is -2.27. The zero-order valence-electron chi connectivity index (χ0n) is 8.16. The summed E-state index contributed by atoms with van der Waals surface area (Å²) in [6.07, 6.45) is 4.05. The van der Waals surface area contributed by atoms with Crippen LogP contribution in [0.1, 0.15) is 32.6 Å². The zero-order valence-corrected chi connectivity index (χ0v) is 8.16. The van der Waals surface area contributed by atoms with Gasteiger partial charge in [0.2, 0.25) is 0 Å². The lowest BCUT2D eigenvalue weighted by molar-refractivity contribution is -0.146. The van der Waals surface area contributed by atoms with Crippen molar-refractivity contribution in [3.8, 4) is 0 Å². The van der Waals surface area contributed by atoms with Gasteiger partial charge in [-0.15, -0.1) is 0 Å².